The average Bonchev–Trinajstić information content (AvgIpc) is 3.28. The normalized spacial score (nSPS) is 11.7. The first-order valence-electron chi connectivity index (χ1n) is 8.96. The molecule has 0 radical (unpaired) electrons. The molecule has 0 fully saturated rings. The summed E-state index contributed by atoms with van der Waals surface area (Å²) in [6.07, 6.45) is 1.48. The molecule has 1 N–H and O–H groups in total. The van der Waals surface area contributed by atoms with Crippen molar-refractivity contribution in [1.82, 2.24) is 25.5 Å². The standard InChI is InChI=1S/C20H23N5O4/c1-13(11-27-2)22-20(26)16-7-15(8-17(9-16)25-12-21-23-24-25)14-5-6-18(28-3)19(10-14)29-4/h5-10,12-13H,11H2,1-4H3,(H,22,26)/t13-/m0/s1. The Labute approximate surface area is 168 Å². The van der Waals surface area contributed by atoms with Crippen LogP contribution in [0.25, 0.3) is 16.8 Å². The van der Waals surface area contributed by atoms with Gasteiger partial charge in [0.25, 0.3) is 5.91 Å². The maximum atomic E-state index is 12.8. The predicted octanol–water partition coefficient (Wildman–Crippen LogP) is 2.11. The maximum Gasteiger partial charge on any atom is 0.251 e. The lowest BCUT2D eigenvalue weighted by Gasteiger charge is -2.15. The fourth-order valence-corrected chi connectivity index (χ4v) is 2.94. The minimum Gasteiger partial charge on any atom is -0.493 e. The van der Waals surface area contributed by atoms with Crippen molar-refractivity contribution in [2.75, 3.05) is 27.9 Å². The van der Waals surface area contributed by atoms with Crippen LogP contribution in [0.4, 0.5) is 0 Å². The van der Waals surface area contributed by atoms with Crippen LogP contribution in [-0.2, 0) is 4.74 Å². The summed E-state index contributed by atoms with van der Waals surface area (Å²) in [5.41, 5.74) is 2.80. The molecular formula is C20H23N5O4. The van der Waals surface area contributed by atoms with E-state index in [0.717, 1.165) is 11.1 Å². The molecule has 0 bridgehead atoms. The number of carbonyl (C=O) groups is 1. The van der Waals surface area contributed by atoms with E-state index in [4.69, 9.17) is 14.2 Å². The molecule has 0 saturated heterocycles. The molecule has 9 heteroatoms. The van der Waals surface area contributed by atoms with Gasteiger partial charge in [0.15, 0.2) is 11.5 Å². The largest absolute Gasteiger partial charge is 0.493 e. The zero-order valence-electron chi connectivity index (χ0n) is 16.7. The summed E-state index contributed by atoms with van der Waals surface area (Å²) >= 11 is 0. The highest BCUT2D eigenvalue weighted by atomic mass is 16.5. The van der Waals surface area contributed by atoms with Gasteiger partial charge in [0, 0.05) is 18.7 Å². The molecule has 0 spiro atoms. The van der Waals surface area contributed by atoms with Crippen molar-refractivity contribution in [1.29, 1.82) is 0 Å². The Morgan fingerprint density at radius 1 is 1.07 bits per heavy atom. The first-order chi connectivity index (χ1) is 14.0. The summed E-state index contributed by atoms with van der Waals surface area (Å²) in [6, 6.07) is 10.9. The van der Waals surface area contributed by atoms with Gasteiger partial charge >= 0.3 is 0 Å². The van der Waals surface area contributed by atoms with Crippen LogP contribution in [0, 0.1) is 0 Å². The first-order valence-corrected chi connectivity index (χ1v) is 8.96. The summed E-state index contributed by atoms with van der Waals surface area (Å²) in [4.78, 5) is 12.8. The number of methoxy groups -OCH3 is 3. The smallest absolute Gasteiger partial charge is 0.251 e. The molecule has 29 heavy (non-hydrogen) atoms. The number of benzene rings is 2. The van der Waals surface area contributed by atoms with Crippen LogP contribution in [0.1, 0.15) is 17.3 Å². The van der Waals surface area contributed by atoms with Crippen molar-refractivity contribution in [2.24, 2.45) is 0 Å². The Bertz CT molecular complexity index is 975. The van der Waals surface area contributed by atoms with Gasteiger partial charge in [0.2, 0.25) is 0 Å². The van der Waals surface area contributed by atoms with E-state index in [0.29, 0.717) is 29.4 Å². The number of nitrogens with zero attached hydrogens (tertiary/aromatic N) is 4. The van der Waals surface area contributed by atoms with Gasteiger partial charge in [-0.3, -0.25) is 4.79 Å². The highest BCUT2D eigenvalue weighted by molar-refractivity contribution is 5.96. The topological polar surface area (TPSA) is 100 Å². The molecule has 0 unspecified atom stereocenters. The molecule has 152 valence electrons. The number of carbonyl (C=O) groups excluding carboxylic acids is 1. The van der Waals surface area contributed by atoms with E-state index in [2.05, 4.69) is 20.8 Å². The molecule has 1 aromatic heterocycles. The second kappa shape index (κ2) is 9.16. The van der Waals surface area contributed by atoms with E-state index in [9.17, 15) is 4.79 Å². The van der Waals surface area contributed by atoms with Gasteiger partial charge in [-0.15, -0.1) is 5.10 Å². The lowest BCUT2D eigenvalue weighted by molar-refractivity contribution is 0.0905. The number of nitrogens with one attached hydrogen (secondary N) is 1. The van der Waals surface area contributed by atoms with E-state index in [1.807, 2.05) is 37.3 Å². The number of ether oxygens (including phenoxy) is 3. The molecule has 0 aliphatic rings. The summed E-state index contributed by atoms with van der Waals surface area (Å²) in [5.74, 6) is 1.00. The molecule has 3 rings (SSSR count). The number of amides is 1. The first kappa shape index (κ1) is 20.3. The van der Waals surface area contributed by atoms with Gasteiger partial charge in [-0.1, -0.05) is 6.07 Å². The van der Waals surface area contributed by atoms with Crippen molar-refractivity contribution in [3.8, 4) is 28.3 Å². The third-order valence-electron chi connectivity index (χ3n) is 4.30. The van der Waals surface area contributed by atoms with Crippen LogP contribution in [0.2, 0.25) is 0 Å². The number of hydrogen-bond acceptors (Lipinski definition) is 7. The molecule has 0 aliphatic heterocycles. The maximum absolute atomic E-state index is 12.8. The Hall–Kier alpha value is -3.46. The zero-order chi connectivity index (χ0) is 20.8. The molecule has 9 nitrogen and oxygen atoms in total. The predicted molar refractivity (Wildman–Crippen MR) is 106 cm³/mol. The quantitative estimate of drug-likeness (QED) is 0.621. The summed E-state index contributed by atoms with van der Waals surface area (Å²) in [6.45, 7) is 2.29. The second-order valence-corrected chi connectivity index (χ2v) is 6.42. The van der Waals surface area contributed by atoms with Gasteiger partial charge < -0.3 is 19.5 Å². The summed E-state index contributed by atoms with van der Waals surface area (Å²) < 4.78 is 17.3. The van der Waals surface area contributed by atoms with Crippen molar-refractivity contribution in [3.05, 3.63) is 48.3 Å². The minimum absolute atomic E-state index is 0.131. The molecule has 0 saturated carbocycles. The molecule has 1 amide bonds. The van der Waals surface area contributed by atoms with E-state index in [-0.39, 0.29) is 11.9 Å². The SMILES string of the molecule is COC[C@H](C)NC(=O)c1cc(-c2ccc(OC)c(OC)c2)cc(-n2cnnn2)c1. The van der Waals surface area contributed by atoms with Gasteiger partial charge in [-0.2, -0.15) is 0 Å². The third kappa shape index (κ3) is 4.69. The number of tetrazole rings is 1. The fraction of sp³-hybridized carbons (Fsp3) is 0.300. The Balaban J connectivity index is 2.05. The van der Waals surface area contributed by atoms with Crippen molar-refractivity contribution in [2.45, 2.75) is 13.0 Å². The van der Waals surface area contributed by atoms with Crippen LogP contribution >= 0.6 is 0 Å². The van der Waals surface area contributed by atoms with Gasteiger partial charge in [-0.25, -0.2) is 4.68 Å². The minimum atomic E-state index is -0.216. The van der Waals surface area contributed by atoms with Gasteiger partial charge in [0.1, 0.15) is 6.33 Å². The average molecular weight is 397 g/mol. The molecule has 2 aromatic carbocycles. The van der Waals surface area contributed by atoms with Gasteiger partial charge in [0.05, 0.1) is 26.5 Å². The number of hydrogen-bond donors (Lipinski definition) is 1. The highest BCUT2D eigenvalue weighted by Gasteiger charge is 2.15. The lowest BCUT2D eigenvalue weighted by Crippen LogP contribution is -2.35. The van der Waals surface area contributed by atoms with Crippen LogP contribution in [0.15, 0.2) is 42.7 Å². The van der Waals surface area contributed by atoms with E-state index in [1.165, 1.54) is 11.0 Å². The van der Waals surface area contributed by atoms with Gasteiger partial charge in [-0.05, 0) is 58.8 Å². The third-order valence-corrected chi connectivity index (χ3v) is 4.30. The highest BCUT2D eigenvalue weighted by Crippen LogP contribution is 2.33. The van der Waals surface area contributed by atoms with Crippen LogP contribution in [0.5, 0.6) is 11.5 Å². The second-order valence-electron chi connectivity index (χ2n) is 6.42. The fourth-order valence-electron chi connectivity index (χ4n) is 2.94. The summed E-state index contributed by atoms with van der Waals surface area (Å²) in [7, 11) is 4.75. The van der Waals surface area contributed by atoms with Crippen LogP contribution in [0.3, 0.4) is 0 Å². The lowest BCUT2D eigenvalue weighted by atomic mass is 10.0. The molecule has 1 atom stereocenters. The van der Waals surface area contributed by atoms with E-state index >= 15 is 0 Å². The number of rotatable bonds is 8. The van der Waals surface area contributed by atoms with Crippen LogP contribution < -0.4 is 14.8 Å². The monoisotopic (exact) mass is 397 g/mol. The molecule has 0 aliphatic carbocycles. The summed E-state index contributed by atoms with van der Waals surface area (Å²) in [5, 5.41) is 14.2. The Morgan fingerprint density at radius 2 is 1.86 bits per heavy atom. The Kier molecular flexibility index (Phi) is 6.40. The van der Waals surface area contributed by atoms with Crippen molar-refractivity contribution < 1.29 is 19.0 Å². The van der Waals surface area contributed by atoms with E-state index in [1.54, 1.807) is 27.4 Å². The van der Waals surface area contributed by atoms with Crippen molar-refractivity contribution in [3.63, 3.8) is 0 Å². The van der Waals surface area contributed by atoms with Crippen molar-refractivity contribution >= 4 is 5.91 Å². The molecule has 1 heterocycles. The Morgan fingerprint density at radius 3 is 2.52 bits per heavy atom. The van der Waals surface area contributed by atoms with E-state index < -0.39 is 0 Å². The molecule has 3 aromatic rings. The number of aromatic nitrogens is 4. The zero-order valence-corrected chi connectivity index (χ0v) is 16.7. The molecular weight excluding hydrogens is 374 g/mol. The van der Waals surface area contributed by atoms with Crippen LogP contribution in [-0.4, -0.2) is 60.1 Å².